The van der Waals surface area contributed by atoms with Gasteiger partial charge in [-0.15, -0.1) is 10.2 Å². The minimum atomic E-state index is -0.376. The van der Waals surface area contributed by atoms with Gasteiger partial charge < -0.3 is 14.2 Å². The largest absolute Gasteiger partial charge is 0.469 e. The quantitative estimate of drug-likeness (QED) is 0.683. The van der Waals surface area contributed by atoms with E-state index in [1.54, 1.807) is 19.3 Å². The molecule has 1 atom stereocenters. The summed E-state index contributed by atoms with van der Waals surface area (Å²) in [7, 11) is 0. The first-order chi connectivity index (χ1) is 11.9. The number of hydrogen-bond donors (Lipinski definition) is 1. The Morgan fingerprint density at radius 3 is 2.68 bits per heavy atom. The van der Waals surface area contributed by atoms with Crippen molar-refractivity contribution < 1.29 is 13.6 Å². The normalized spacial score (nSPS) is 12.2. The number of amides is 1. The number of carbonyl (C=O) groups excluding carboxylic acids is 1. The molecule has 0 saturated heterocycles. The Hall–Kier alpha value is -2.54. The number of aromatic nitrogens is 2. The van der Waals surface area contributed by atoms with Crippen molar-refractivity contribution in [3.63, 3.8) is 0 Å². The summed E-state index contributed by atoms with van der Waals surface area (Å²) in [5.74, 6) is 0.979. The zero-order valence-electron chi connectivity index (χ0n) is 14.5. The number of rotatable bonds is 5. The third kappa shape index (κ3) is 3.93. The third-order valence-corrected chi connectivity index (χ3v) is 4.72. The van der Waals surface area contributed by atoms with Gasteiger partial charge in [0, 0.05) is 5.69 Å². The fourth-order valence-electron chi connectivity index (χ4n) is 2.37. The molecule has 7 heteroatoms. The van der Waals surface area contributed by atoms with Gasteiger partial charge in [0.1, 0.15) is 5.76 Å². The van der Waals surface area contributed by atoms with E-state index >= 15 is 0 Å². The van der Waals surface area contributed by atoms with Gasteiger partial charge in [0.25, 0.3) is 11.1 Å². The van der Waals surface area contributed by atoms with Crippen molar-refractivity contribution in [3.05, 3.63) is 47.4 Å². The molecule has 3 rings (SSSR count). The zero-order chi connectivity index (χ0) is 18.0. The van der Waals surface area contributed by atoms with E-state index in [0.717, 1.165) is 22.4 Å². The third-order valence-electron chi connectivity index (χ3n) is 3.78. The van der Waals surface area contributed by atoms with Crippen LogP contribution < -0.4 is 5.32 Å². The molecular weight excluding hydrogens is 338 g/mol. The summed E-state index contributed by atoms with van der Waals surface area (Å²) >= 11 is 1.22. The van der Waals surface area contributed by atoms with Crippen molar-refractivity contribution in [1.82, 2.24) is 10.2 Å². The highest BCUT2D eigenvalue weighted by Crippen LogP contribution is 2.29. The van der Waals surface area contributed by atoms with Crippen LogP contribution >= 0.6 is 11.8 Å². The molecule has 0 bridgehead atoms. The standard InChI is InChI=1S/C18H19N3O3S/c1-10-5-6-15(11(2)9-10)19-16(22)13(4)25-18-21-20-17(24-18)14-7-8-23-12(14)3/h5-9,13H,1-4H3,(H,19,22)/t13-/m1/s1. The lowest BCUT2D eigenvalue weighted by molar-refractivity contribution is -0.115. The van der Waals surface area contributed by atoms with Gasteiger partial charge in [0.05, 0.1) is 17.1 Å². The molecule has 0 aliphatic carbocycles. The molecule has 1 aromatic carbocycles. The van der Waals surface area contributed by atoms with Crippen molar-refractivity contribution in [2.24, 2.45) is 0 Å². The van der Waals surface area contributed by atoms with Crippen molar-refractivity contribution in [3.8, 4) is 11.5 Å². The summed E-state index contributed by atoms with van der Waals surface area (Å²) in [5, 5.41) is 10.9. The average molecular weight is 357 g/mol. The molecule has 6 nitrogen and oxygen atoms in total. The lowest BCUT2D eigenvalue weighted by Crippen LogP contribution is -2.22. The number of aryl methyl sites for hydroxylation is 3. The monoisotopic (exact) mass is 357 g/mol. The molecule has 0 unspecified atom stereocenters. The van der Waals surface area contributed by atoms with Gasteiger partial charge in [-0.05, 0) is 45.4 Å². The van der Waals surface area contributed by atoms with Crippen molar-refractivity contribution in [1.29, 1.82) is 0 Å². The van der Waals surface area contributed by atoms with Gasteiger partial charge >= 0.3 is 0 Å². The van der Waals surface area contributed by atoms with Gasteiger partial charge in [-0.2, -0.15) is 0 Å². The van der Waals surface area contributed by atoms with Crippen LogP contribution in [0.1, 0.15) is 23.8 Å². The summed E-state index contributed by atoms with van der Waals surface area (Å²) < 4.78 is 10.9. The Bertz CT molecular complexity index is 901. The predicted molar refractivity (Wildman–Crippen MR) is 96.6 cm³/mol. The summed E-state index contributed by atoms with van der Waals surface area (Å²) in [6.07, 6.45) is 1.57. The summed E-state index contributed by atoms with van der Waals surface area (Å²) in [5.41, 5.74) is 3.75. The molecule has 0 saturated carbocycles. The number of thioether (sulfide) groups is 1. The Kier molecular flexibility index (Phi) is 4.94. The van der Waals surface area contributed by atoms with Crippen molar-refractivity contribution >= 4 is 23.4 Å². The molecule has 0 radical (unpaired) electrons. The van der Waals surface area contributed by atoms with E-state index in [1.807, 2.05) is 39.0 Å². The van der Waals surface area contributed by atoms with Crippen LogP contribution in [0, 0.1) is 20.8 Å². The Balaban J connectivity index is 1.66. The minimum absolute atomic E-state index is 0.115. The average Bonchev–Trinajstić information content (AvgIpc) is 3.18. The molecule has 3 aromatic rings. The first kappa shape index (κ1) is 17.3. The maximum atomic E-state index is 12.4. The van der Waals surface area contributed by atoms with Crippen molar-refractivity contribution in [2.75, 3.05) is 5.32 Å². The van der Waals surface area contributed by atoms with E-state index in [4.69, 9.17) is 8.83 Å². The SMILES string of the molecule is Cc1ccc(NC(=O)[C@@H](C)Sc2nnc(-c3ccoc3C)o2)c(C)c1. The number of nitrogens with zero attached hydrogens (tertiary/aromatic N) is 2. The second-order valence-electron chi connectivity index (χ2n) is 5.83. The Morgan fingerprint density at radius 1 is 1.20 bits per heavy atom. The van der Waals surface area contributed by atoms with Gasteiger partial charge in [-0.1, -0.05) is 29.5 Å². The number of benzene rings is 1. The number of carbonyl (C=O) groups is 1. The molecular formula is C18H19N3O3S. The highest BCUT2D eigenvalue weighted by atomic mass is 32.2. The fourth-order valence-corrected chi connectivity index (χ4v) is 3.05. The highest BCUT2D eigenvalue weighted by molar-refractivity contribution is 8.00. The molecule has 25 heavy (non-hydrogen) atoms. The molecule has 0 spiro atoms. The van der Waals surface area contributed by atoms with Gasteiger partial charge in [0.15, 0.2) is 0 Å². The van der Waals surface area contributed by atoms with E-state index in [-0.39, 0.29) is 11.2 Å². The van der Waals surface area contributed by atoms with Crippen LogP contribution in [0.5, 0.6) is 0 Å². The number of furan rings is 1. The smallest absolute Gasteiger partial charge is 0.277 e. The highest BCUT2D eigenvalue weighted by Gasteiger charge is 2.20. The van der Waals surface area contributed by atoms with Crippen LogP contribution in [0.4, 0.5) is 5.69 Å². The van der Waals surface area contributed by atoms with Gasteiger partial charge in [-0.3, -0.25) is 4.79 Å². The van der Waals surface area contributed by atoms with Crippen LogP contribution in [0.3, 0.4) is 0 Å². The molecule has 1 amide bonds. The van der Waals surface area contributed by atoms with Crippen LogP contribution in [-0.4, -0.2) is 21.4 Å². The number of nitrogens with one attached hydrogen (secondary N) is 1. The maximum absolute atomic E-state index is 12.4. The van der Waals surface area contributed by atoms with E-state index < -0.39 is 0 Å². The van der Waals surface area contributed by atoms with Gasteiger partial charge in [-0.25, -0.2) is 0 Å². The molecule has 1 N–H and O–H groups in total. The predicted octanol–water partition coefficient (Wildman–Crippen LogP) is 4.37. The topological polar surface area (TPSA) is 81.2 Å². The second kappa shape index (κ2) is 7.14. The lowest BCUT2D eigenvalue weighted by Gasteiger charge is -2.12. The molecule has 0 aliphatic rings. The molecule has 0 aliphatic heterocycles. The fraction of sp³-hybridized carbons (Fsp3) is 0.278. The minimum Gasteiger partial charge on any atom is -0.469 e. The van der Waals surface area contributed by atoms with E-state index in [1.165, 1.54) is 11.8 Å². The Labute approximate surface area is 150 Å². The molecule has 0 fully saturated rings. The van der Waals surface area contributed by atoms with E-state index in [9.17, 15) is 4.79 Å². The van der Waals surface area contributed by atoms with Crippen LogP contribution in [0.2, 0.25) is 0 Å². The van der Waals surface area contributed by atoms with E-state index in [2.05, 4.69) is 15.5 Å². The lowest BCUT2D eigenvalue weighted by atomic mass is 10.1. The van der Waals surface area contributed by atoms with Crippen molar-refractivity contribution in [2.45, 2.75) is 38.2 Å². The maximum Gasteiger partial charge on any atom is 0.277 e. The Morgan fingerprint density at radius 2 is 2.00 bits per heavy atom. The first-order valence-electron chi connectivity index (χ1n) is 7.87. The summed E-state index contributed by atoms with van der Waals surface area (Å²) in [4.78, 5) is 12.4. The summed E-state index contributed by atoms with van der Waals surface area (Å²) in [6.45, 7) is 7.62. The van der Waals surface area contributed by atoms with Gasteiger partial charge in [0.2, 0.25) is 5.91 Å². The van der Waals surface area contributed by atoms with E-state index in [0.29, 0.717) is 16.9 Å². The first-order valence-corrected chi connectivity index (χ1v) is 8.74. The van der Waals surface area contributed by atoms with Crippen LogP contribution in [0.25, 0.3) is 11.5 Å². The number of anilines is 1. The number of hydrogen-bond acceptors (Lipinski definition) is 6. The zero-order valence-corrected chi connectivity index (χ0v) is 15.3. The molecule has 2 heterocycles. The van der Waals surface area contributed by atoms with Crippen LogP contribution in [-0.2, 0) is 4.79 Å². The van der Waals surface area contributed by atoms with Crippen LogP contribution in [0.15, 0.2) is 44.6 Å². The molecule has 130 valence electrons. The summed E-state index contributed by atoms with van der Waals surface area (Å²) in [6, 6.07) is 7.68. The second-order valence-corrected chi connectivity index (χ2v) is 7.12. The molecule has 2 aromatic heterocycles.